The molecule has 0 unspecified atom stereocenters. The van der Waals surface area contributed by atoms with E-state index in [1.807, 2.05) is 47.5 Å². The fourth-order valence-corrected chi connectivity index (χ4v) is 3.81. The monoisotopic (exact) mass is 364 g/mol. The number of pyridine rings is 1. The molecule has 2 aromatic heterocycles. The number of fused-ring (bicyclic) bond motifs is 1. The quantitative estimate of drug-likeness (QED) is 0.695. The molecule has 0 saturated carbocycles. The van der Waals surface area contributed by atoms with Crippen LogP contribution in [0.4, 0.5) is 0 Å². The predicted molar refractivity (Wildman–Crippen MR) is 104 cm³/mol. The minimum atomic E-state index is 0.0644. The number of methoxy groups -OCH3 is 1. The third-order valence-electron chi connectivity index (χ3n) is 5.15. The fraction of sp³-hybridized carbons (Fsp3) is 0.381. The number of aromatic nitrogens is 3. The van der Waals surface area contributed by atoms with Crippen molar-refractivity contribution in [1.82, 2.24) is 19.4 Å². The summed E-state index contributed by atoms with van der Waals surface area (Å²) in [6.07, 6.45) is 4.68. The number of likely N-dealkylation sites (tertiary alicyclic amines) is 1. The normalized spacial score (nSPS) is 16.8. The summed E-state index contributed by atoms with van der Waals surface area (Å²) in [5.74, 6) is 1.88. The average Bonchev–Trinajstić information content (AvgIpc) is 3.32. The van der Waals surface area contributed by atoms with Crippen LogP contribution in [0.3, 0.4) is 0 Å². The van der Waals surface area contributed by atoms with Crippen LogP contribution >= 0.6 is 0 Å². The second kappa shape index (κ2) is 7.39. The molecule has 1 aliphatic heterocycles. The van der Waals surface area contributed by atoms with Gasteiger partial charge in [0.1, 0.15) is 17.1 Å². The van der Waals surface area contributed by atoms with Crippen LogP contribution < -0.4 is 4.74 Å². The van der Waals surface area contributed by atoms with E-state index in [-0.39, 0.29) is 11.9 Å². The van der Waals surface area contributed by atoms with Crippen molar-refractivity contribution >= 4 is 17.1 Å². The standard InChI is InChI=1S/C21H24N4O2/c1-3-5-19-23-18-6-4-12-22-20(18)25(19)16-11-13-24(14-16)21(26)15-7-9-17(27-2)10-8-15/h4,6-10,12,16H,3,5,11,13-14H2,1-2H3/t16-/m1/s1. The van der Waals surface area contributed by atoms with E-state index in [0.717, 1.165) is 48.5 Å². The van der Waals surface area contributed by atoms with Crippen LogP contribution in [0.5, 0.6) is 5.75 Å². The third kappa shape index (κ3) is 3.27. The van der Waals surface area contributed by atoms with Gasteiger partial charge in [-0.15, -0.1) is 0 Å². The summed E-state index contributed by atoms with van der Waals surface area (Å²) in [5.41, 5.74) is 2.55. The molecule has 3 heterocycles. The number of aryl methyl sites for hydroxylation is 1. The van der Waals surface area contributed by atoms with Crippen LogP contribution in [0.15, 0.2) is 42.6 Å². The van der Waals surface area contributed by atoms with E-state index in [1.165, 1.54) is 0 Å². The van der Waals surface area contributed by atoms with E-state index in [4.69, 9.17) is 9.72 Å². The van der Waals surface area contributed by atoms with Gasteiger partial charge in [-0.3, -0.25) is 4.79 Å². The molecule has 1 amide bonds. The molecule has 1 aliphatic rings. The molecular weight excluding hydrogens is 340 g/mol. The Morgan fingerprint density at radius 1 is 1.26 bits per heavy atom. The van der Waals surface area contributed by atoms with Gasteiger partial charge in [0.15, 0.2) is 5.65 Å². The molecule has 0 radical (unpaired) electrons. The molecule has 0 aliphatic carbocycles. The lowest BCUT2D eigenvalue weighted by Crippen LogP contribution is -2.29. The Hall–Kier alpha value is -2.89. The molecule has 6 nitrogen and oxygen atoms in total. The molecule has 1 atom stereocenters. The largest absolute Gasteiger partial charge is 0.497 e. The number of hydrogen-bond acceptors (Lipinski definition) is 4. The van der Waals surface area contributed by atoms with Gasteiger partial charge in [-0.1, -0.05) is 6.92 Å². The first-order valence-corrected chi connectivity index (χ1v) is 9.46. The van der Waals surface area contributed by atoms with E-state index in [0.29, 0.717) is 12.1 Å². The summed E-state index contributed by atoms with van der Waals surface area (Å²) in [5, 5.41) is 0. The van der Waals surface area contributed by atoms with Crippen LogP contribution in [0.2, 0.25) is 0 Å². The minimum Gasteiger partial charge on any atom is -0.497 e. The second-order valence-electron chi connectivity index (χ2n) is 6.92. The van der Waals surface area contributed by atoms with Crippen LogP contribution in [0, 0.1) is 0 Å². The van der Waals surface area contributed by atoms with Crippen molar-refractivity contribution < 1.29 is 9.53 Å². The molecule has 1 saturated heterocycles. The molecule has 1 aromatic carbocycles. The number of imidazole rings is 1. The number of benzene rings is 1. The highest BCUT2D eigenvalue weighted by atomic mass is 16.5. The SMILES string of the molecule is CCCc1nc2cccnc2n1[C@@H]1CCN(C(=O)c2ccc(OC)cc2)C1. The van der Waals surface area contributed by atoms with Gasteiger partial charge in [-0.25, -0.2) is 9.97 Å². The van der Waals surface area contributed by atoms with Crippen LogP contribution in [-0.2, 0) is 6.42 Å². The average molecular weight is 364 g/mol. The predicted octanol–water partition coefficient (Wildman–Crippen LogP) is 3.48. The number of carbonyl (C=O) groups excluding carboxylic acids is 1. The molecule has 1 fully saturated rings. The minimum absolute atomic E-state index is 0.0644. The maximum atomic E-state index is 12.9. The van der Waals surface area contributed by atoms with Gasteiger partial charge >= 0.3 is 0 Å². The van der Waals surface area contributed by atoms with Crippen molar-refractivity contribution in [3.05, 3.63) is 54.0 Å². The number of amides is 1. The van der Waals surface area contributed by atoms with Gasteiger partial charge in [0.25, 0.3) is 5.91 Å². The van der Waals surface area contributed by atoms with E-state index in [1.54, 1.807) is 7.11 Å². The second-order valence-corrected chi connectivity index (χ2v) is 6.92. The zero-order valence-corrected chi connectivity index (χ0v) is 15.8. The topological polar surface area (TPSA) is 60.2 Å². The zero-order chi connectivity index (χ0) is 18.8. The lowest BCUT2D eigenvalue weighted by molar-refractivity contribution is 0.0787. The number of nitrogens with zero attached hydrogens (tertiary/aromatic N) is 4. The Morgan fingerprint density at radius 2 is 2.07 bits per heavy atom. The molecule has 0 N–H and O–H groups in total. The summed E-state index contributed by atoms with van der Waals surface area (Å²) in [6, 6.07) is 11.4. The molecule has 0 spiro atoms. The van der Waals surface area contributed by atoms with Crippen molar-refractivity contribution in [2.24, 2.45) is 0 Å². The van der Waals surface area contributed by atoms with Gasteiger partial charge in [0.2, 0.25) is 0 Å². The maximum absolute atomic E-state index is 12.9. The summed E-state index contributed by atoms with van der Waals surface area (Å²) in [7, 11) is 1.62. The van der Waals surface area contributed by atoms with E-state index < -0.39 is 0 Å². The first-order chi connectivity index (χ1) is 13.2. The Kier molecular flexibility index (Phi) is 4.79. The van der Waals surface area contributed by atoms with Gasteiger partial charge in [0.05, 0.1) is 13.2 Å². The molecule has 6 heteroatoms. The molecule has 27 heavy (non-hydrogen) atoms. The maximum Gasteiger partial charge on any atom is 0.253 e. The molecule has 140 valence electrons. The highest BCUT2D eigenvalue weighted by Gasteiger charge is 2.30. The van der Waals surface area contributed by atoms with E-state index >= 15 is 0 Å². The van der Waals surface area contributed by atoms with Crippen molar-refractivity contribution in [2.75, 3.05) is 20.2 Å². The summed E-state index contributed by atoms with van der Waals surface area (Å²) >= 11 is 0. The molecule has 0 bridgehead atoms. The Bertz CT molecular complexity index is 948. The van der Waals surface area contributed by atoms with Crippen molar-refractivity contribution in [1.29, 1.82) is 0 Å². The first kappa shape index (κ1) is 17.5. The Balaban J connectivity index is 1.58. The van der Waals surface area contributed by atoms with Gasteiger partial charge in [-0.2, -0.15) is 0 Å². The highest BCUT2D eigenvalue weighted by molar-refractivity contribution is 5.94. The lowest BCUT2D eigenvalue weighted by atomic mass is 10.2. The third-order valence-corrected chi connectivity index (χ3v) is 5.15. The van der Waals surface area contributed by atoms with E-state index in [9.17, 15) is 4.79 Å². The van der Waals surface area contributed by atoms with E-state index in [2.05, 4.69) is 16.5 Å². The van der Waals surface area contributed by atoms with Gasteiger partial charge in [0, 0.05) is 31.3 Å². The Labute approximate surface area is 158 Å². The van der Waals surface area contributed by atoms with Gasteiger partial charge < -0.3 is 14.2 Å². The fourth-order valence-electron chi connectivity index (χ4n) is 3.81. The molecular formula is C21H24N4O2. The van der Waals surface area contributed by atoms with Crippen molar-refractivity contribution in [2.45, 2.75) is 32.2 Å². The van der Waals surface area contributed by atoms with Crippen LogP contribution in [0.25, 0.3) is 11.2 Å². The smallest absolute Gasteiger partial charge is 0.253 e. The summed E-state index contributed by atoms with van der Waals surface area (Å²) in [4.78, 5) is 24.1. The van der Waals surface area contributed by atoms with Crippen LogP contribution in [0.1, 0.15) is 42.0 Å². The lowest BCUT2D eigenvalue weighted by Gasteiger charge is -2.19. The van der Waals surface area contributed by atoms with Crippen molar-refractivity contribution in [3.63, 3.8) is 0 Å². The van der Waals surface area contributed by atoms with Crippen molar-refractivity contribution in [3.8, 4) is 5.75 Å². The van der Waals surface area contributed by atoms with Gasteiger partial charge in [-0.05, 0) is 49.2 Å². The summed E-state index contributed by atoms with van der Waals surface area (Å²) in [6.45, 7) is 3.59. The number of ether oxygens (including phenoxy) is 1. The first-order valence-electron chi connectivity index (χ1n) is 9.46. The zero-order valence-electron chi connectivity index (χ0n) is 15.8. The number of rotatable bonds is 5. The molecule has 4 rings (SSSR count). The Morgan fingerprint density at radius 3 is 2.81 bits per heavy atom. The summed E-state index contributed by atoms with van der Waals surface area (Å²) < 4.78 is 7.43. The molecule has 3 aromatic rings. The number of hydrogen-bond donors (Lipinski definition) is 0. The number of carbonyl (C=O) groups is 1. The highest BCUT2D eigenvalue weighted by Crippen LogP contribution is 2.29. The van der Waals surface area contributed by atoms with Crippen LogP contribution in [-0.4, -0.2) is 45.5 Å².